The average Bonchev–Trinajstić information content (AvgIpc) is 2.91. The van der Waals surface area contributed by atoms with E-state index in [-0.39, 0.29) is 6.03 Å². The predicted molar refractivity (Wildman–Crippen MR) is 73.1 cm³/mol. The first-order valence-corrected chi connectivity index (χ1v) is 6.79. The van der Waals surface area contributed by atoms with Crippen LogP contribution in [0, 0.1) is 0 Å². The molecular formula is C14H19N3O3. The van der Waals surface area contributed by atoms with Gasteiger partial charge in [-0.05, 0) is 31.4 Å². The van der Waals surface area contributed by atoms with Crippen molar-refractivity contribution in [3.63, 3.8) is 0 Å². The molecule has 0 aromatic carbocycles. The Kier molecular flexibility index (Phi) is 4.22. The number of likely N-dealkylation sites (tertiary alicyclic amines) is 1. The molecular weight excluding hydrogens is 258 g/mol. The van der Waals surface area contributed by atoms with Gasteiger partial charge >= 0.3 is 12.0 Å². The lowest BCUT2D eigenvalue weighted by Crippen LogP contribution is -2.55. The second kappa shape index (κ2) is 5.90. The Labute approximate surface area is 117 Å². The Morgan fingerprint density at radius 3 is 2.90 bits per heavy atom. The molecule has 2 amide bonds. The van der Waals surface area contributed by atoms with Crippen molar-refractivity contribution in [1.29, 1.82) is 0 Å². The molecule has 1 aliphatic heterocycles. The number of amides is 2. The number of rotatable bonds is 4. The van der Waals surface area contributed by atoms with Crippen LogP contribution in [0.5, 0.6) is 0 Å². The van der Waals surface area contributed by atoms with Crippen LogP contribution in [0.25, 0.3) is 0 Å². The summed E-state index contributed by atoms with van der Waals surface area (Å²) in [5, 5.41) is 12.2. The van der Waals surface area contributed by atoms with Crippen molar-refractivity contribution in [3.05, 3.63) is 30.1 Å². The van der Waals surface area contributed by atoms with Gasteiger partial charge in [-0.25, -0.2) is 9.59 Å². The molecule has 6 nitrogen and oxygen atoms in total. The summed E-state index contributed by atoms with van der Waals surface area (Å²) in [6, 6.07) is 5.13. The van der Waals surface area contributed by atoms with Crippen molar-refractivity contribution in [2.75, 3.05) is 6.54 Å². The summed E-state index contributed by atoms with van der Waals surface area (Å²) >= 11 is 0. The van der Waals surface area contributed by atoms with E-state index < -0.39 is 11.5 Å². The molecule has 108 valence electrons. The minimum atomic E-state index is -1.06. The van der Waals surface area contributed by atoms with Gasteiger partial charge in [-0.3, -0.25) is 4.98 Å². The van der Waals surface area contributed by atoms with Crippen LogP contribution in [-0.2, 0) is 11.3 Å². The lowest BCUT2D eigenvalue weighted by molar-refractivity contribution is -0.148. The van der Waals surface area contributed by atoms with Crippen LogP contribution >= 0.6 is 0 Å². The summed E-state index contributed by atoms with van der Waals surface area (Å²) in [7, 11) is 0. The zero-order chi connectivity index (χ0) is 14.6. The topological polar surface area (TPSA) is 82.5 Å². The maximum absolute atomic E-state index is 12.2. The predicted octanol–water partition coefficient (Wildman–Crippen LogP) is 1.62. The number of carboxylic acid groups (broad SMARTS) is 1. The molecule has 0 saturated carbocycles. The molecule has 0 aliphatic carbocycles. The largest absolute Gasteiger partial charge is 0.479 e. The Hall–Kier alpha value is -2.11. The average molecular weight is 277 g/mol. The molecule has 20 heavy (non-hydrogen) atoms. The Morgan fingerprint density at radius 2 is 2.30 bits per heavy atom. The van der Waals surface area contributed by atoms with E-state index >= 15 is 0 Å². The molecule has 1 unspecified atom stereocenters. The fourth-order valence-electron chi connectivity index (χ4n) is 2.68. The number of nitrogens with zero attached hydrogens (tertiary/aromatic N) is 2. The van der Waals surface area contributed by atoms with E-state index in [1.807, 2.05) is 12.1 Å². The van der Waals surface area contributed by atoms with E-state index in [2.05, 4.69) is 10.3 Å². The number of pyridine rings is 1. The van der Waals surface area contributed by atoms with Gasteiger partial charge in [0.2, 0.25) is 0 Å². The highest BCUT2D eigenvalue weighted by atomic mass is 16.4. The van der Waals surface area contributed by atoms with Crippen molar-refractivity contribution in [2.24, 2.45) is 0 Å². The van der Waals surface area contributed by atoms with Gasteiger partial charge in [0.1, 0.15) is 5.54 Å². The third-order valence-corrected chi connectivity index (χ3v) is 3.86. The molecule has 0 spiro atoms. The number of carbonyl (C=O) groups excluding carboxylic acids is 1. The normalized spacial score (nSPS) is 21.8. The molecule has 1 aliphatic rings. The molecule has 6 heteroatoms. The van der Waals surface area contributed by atoms with E-state index in [4.69, 9.17) is 0 Å². The molecule has 0 bridgehead atoms. The van der Waals surface area contributed by atoms with Crippen molar-refractivity contribution in [2.45, 2.75) is 38.3 Å². The SMILES string of the molecule is CCC1(C(=O)O)CCCN1C(=O)NCc1ccccn1. The van der Waals surface area contributed by atoms with E-state index in [0.717, 1.165) is 12.1 Å². The number of hydrogen-bond acceptors (Lipinski definition) is 3. The first kappa shape index (κ1) is 14.3. The van der Waals surface area contributed by atoms with E-state index in [9.17, 15) is 14.7 Å². The van der Waals surface area contributed by atoms with E-state index in [1.165, 1.54) is 4.90 Å². The van der Waals surface area contributed by atoms with Crippen LogP contribution in [0.1, 0.15) is 31.9 Å². The lowest BCUT2D eigenvalue weighted by atomic mass is 9.93. The fourth-order valence-corrected chi connectivity index (χ4v) is 2.68. The smallest absolute Gasteiger partial charge is 0.329 e. The third-order valence-electron chi connectivity index (χ3n) is 3.86. The number of carbonyl (C=O) groups is 2. The monoisotopic (exact) mass is 277 g/mol. The maximum Gasteiger partial charge on any atom is 0.329 e. The summed E-state index contributed by atoms with van der Waals surface area (Å²) in [6.07, 6.45) is 3.30. The number of hydrogen-bond donors (Lipinski definition) is 2. The summed E-state index contributed by atoms with van der Waals surface area (Å²) in [5.74, 6) is -0.925. The van der Waals surface area contributed by atoms with Gasteiger partial charge in [0, 0.05) is 12.7 Å². The maximum atomic E-state index is 12.2. The van der Waals surface area contributed by atoms with Crippen molar-refractivity contribution < 1.29 is 14.7 Å². The quantitative estimate of drug-likeness (QED) is 0.876. The molecule has 2 rings (SSSR count). The molecule has 1 atom stereocenters. The zero-order valence-electron chi connectivity index (χ0n) is 11.5. The summed E-state index contributed by atoms with van der Waals surface area (Å²) in [5.41, 5.74) is -0.314. The van der Waals surface area contributed by atoms with Crippen LogP contribution in [0.3, 0.4) is 0 Å². The van der Waals surface area contributed by atoms with Gasteiger partial charge < -0.3 is 15.3 Å². The Bertz CT molecular complexity index is 492. The lowest BCUT2D eigenvalue weighted by Gasteiger charge is -2.33. The highest BCUT2D eigenvalue weighted by Gasteiger charge is 2.48. The van der Waals surface area contributed by atoms with Crippen molar-refractivity contribution >= 4 is 12.0 Å². The summed E-state index contributed by atoms with van der Waals surface area (Å²) in [4.78, 5) is 29.3. The molecule has 0 radical (unpaired) electrons. The van der Waals surface area contributed by atoms with Gasteiger partial charge in [-0.1, -0.05) is 13.0 Å². The molecule has 2 N–H and O–H groups in total. The first-order valence-electron chi connectivity index (χ1n) is 6.79. The van der Waals surface area contributed by atoms with E-state index in [1.54, 1.807) is 19.2 Å². The molecule has 1 aromatic rings. The van der Waals surface area contributed by atoms with Crippen LogP contribution in [0.4, 0.5) is 4.79 Å². The van der Waals surface area contributed by atoms with Gasteiger partial charge in [0.15, 0.2) is 0 Å². The number of aliphatic carboxylic acids is 1. The number of aromatic nitrogens is 1. The van der Waals surface area contributed by atoms with Crippen LogP contribution in [0.2, 0.25) is 0 Å². The van der Waals surface area contributed by atoms with Crippen LogP contribution in [-0.4, -0.2) is 39.1 Å². The molecule has 1 aromatic heterocycles. The first-order chi connectivity index (χ1) is 9.60. The van der Waals surface area contributed by atoms with Crippen molar-refractivity contribution in [3.8, 4) is 0 Å². The number of nitrogens with one attached hydrogen (secondary N) is 1. The summed E-state index contributed by atoms with van der Waals surface area (Å²) < 4.78 is 0. The summed E-state index contributed by atoms with van der Waals surface area (Å²) in [6.45, 7) is 2.59. The van der Waals surface area contributed by atoms with Crippen LogP contribution in [0.15, 0.2) is 24.4 Å². The van der Waals surface area contributed by atoms with E-state index in [0.29, 0.717) is 25.9 Å². The fraction of sp³-hybridized carbons (Fsp3) is 0.500. The molecule has 2 heterocycles. The second-order valence-corrected chi connectivity index (χ2v) is 4.93. The Morgan fingerprint density at radius 1 is 1.50 bits per heavy atom. The van der Waals surface area contributed by atoms with Gasteiger partial charge in [0.25, 0.3) is 0 Å². The minimum Gasteiger partial charge on any atom is -0.479 e. The standard InChI is InChI=1S/C14H19N3O3/c1-2-14(12(18)19)7-5-9-17(14)13(20)16-10-11-6-3-4-8-15-11/h3-4,6,8H,2,5,7,9-10H2,1H3,(H,16,20)(H,18,19). The van der Waals surface area contributed by atoms with Gasteiger partial charge in [-0.15, -0.1) is 0 Å². The van der Waals surface area contributed by atoms with Crippen LogP contribution < -0.4 is 5.32 Å². The van der Waals surface area contributed by atoms with Crippen molar-refractivity contribution in [1.82, 2.24) is 15.2 Å². The Balaban J connectivity index is 2.03. The zero-order valence-corrected chi connectivity index (χ0v) is 11.5. The second-order valence-electron chi connectivity index (χ2n) is 4.93. The minimum absolute atomic E-state index is 0.301. The van der Waals surface area contributed by atoms with Gasteiger partial charge in [0.05, 0.1) is 12.2 Å². The number of urea groups is 1. The van der Waals surface area contributed by atoms with Gasteiger partial charge in [-0.2, -0.15) is 0 Å². The highest BCUT2D eigenvalue weighted by molar-refractivity contribution is 5.87. The molecule has 1 saturated heterocycles. The number of carboxylic acids is 1. The highest BCUT2D eigenvalue weighted by Crippen LogP contribution is 2.32. The molecule has 1 fully saturated rings. The third kappa shape index (κ3) is 2.59.